The van der Waals surface area contributed by atoms with Crippen molar-refractivity contribution in [2.45, 2.75) is 26.8 Å². The number of rotatable bonds is 3. The number of nitrogens with two attached hydrogens (primary N) is 1. The maximum Gasteiger partial charge on any atom is 0.0500 e. The van der Waals surface area contributed by atoms with Crippen molar-refractivity contribution in [2.24, 2.45) is 11.1 Å². The topological polar surface area (TPSA) is 46.2 Å². The minimum absolute atomic E-state index is 0. The lowest BCUT2D eigenvalue weighted by atomic mass is 9.80. The second kappa shape index (κ2) is 5.91. The molecule has 2 rings (SSSR count). The van der Waals surface area contributed by atoms with E-state index in [1.165, 1.54) is 16.3 Å². The molecule has 0 aliphatic carbocycles. The van der Waals surface area contributed by atoms with Gasteiger partial charge in [-0.2, -0.15) is 0 Å². The predicted molar refractivity (Wildman–Crippen MR) is 83.7 cm³/mol. The first kappa shape index (κ1) is 16.0. The maximum atomic E-state index is 9.47. The Labute approximate surface area is 121 Å². The molecule has 0 saturated carbocycles. The molecule has 0 saturated heterocycles. The van der Waals surface area contributed by atoms with E-state index in [0.717, 1.165) is 5.56 Å². The highest BCUT2D eigenvalue weighted by molar-refractivity contribution is 5.89. The summed E-state index contributed by atoms with van der Waals surface area (Å²) in [4.78, 5) is 0. The van der Waals surface area contributed by atoms with Gasteiger partial charge in [-0.05, 0) is 28.8 Å². The molecule has 1 atom stereocenters. The number of halogens is 1. The van der Waals surface area contributed by atoms with Gasteiger partial charge in [0.1, 0.15) is 0 Å². The second-order valence-corrected chi connectivity index (χ2v) is 5.64. The molecule has 0 heterocycles. The van der Waals surface area contributed by atoms with E-state index in [1.807, 2.05) is 26.0 Å². The minimum atomic E-state index is -0.321. The number of aliphatic hydroxyl groups excluding tert-OH is 1. The maximum absolute atomic E-state index is 9.47. The van der Waals surface area contributed by atoms with E-state index < -0.39 is 0 Å². The Morgan fingerprint density at radius 2 is 1.68 bits per heavy atom. The van der Waals surface area contributed by atoms with Crippen molar-refractivity contribution >= 4 is 23.2 Å². The van der Waals surface area contributed by atoms with Crippen LogP contribution in [0.15, 0.2) is 36.4 Å². The number of hydrogen-bond donors (Lipinski definition) is 2. The fraction of sp³-hybridized carbons (Fsp3) is 0.375. The molecular formula is C16H22ClNO. The van der Waals surface area contributed by atoms with Gasteiger partial charge in [0.25, 0.3) is 0 Å². The third kappa shape index (κ3) is 2.92. The molecule has 0 radical (unpaired) electrons. The van der Waals surface area contributed by atoms with Crippen LogP contribution in [-0.4, -0.2) is 11.7 Å². The van der Waals surface area contributed by atoms with Crippen molar-refractivity contribution in [1.82, 2.24) is 0 Å². The standard InChI is InChI=1S/C16H21NO.ClH/c1-11-8-9-14(15(17)16(2,3)10-18)13-7-5-4-6-12(11)13;/h4-9,15,18H,10,17H2,1-3H3;1H/t15-;/m1./s1. The largest absolute Gasteiger partial charge is 0.396 e. The van der Waals surface area contributed by atoms with Crippen LogP contribution in [-0.2, 0) is 0 Å². The Morgan fingerprint density at radius 1 is 1.11 bits per heavy atom. The summed E-state index contributed by atoms with van der Waals surface area (Å²) in [6.45, 7) is 6.17. The van der Waals surface area contributed by atoms with Crippen LogP contribution in [0.4, 0.5) is 0 Å². The summed E-state index contributed by atoms with van der Waals surface area (Å²) in [7, 11) is 0. The lowest BCUT2D eigenvalue weighted by molar-refractivity contribution is 0.133. The third-order valence-electron chi connectivity index (χ3n) is 3.76. The normalized spacial score (nSPS) is 13.1. The average Bonchev–Trinajstić information content (AvgIpc) is 2.39. The monoisotopic (exact) mass is 279 g/mol. The molecule has 104 valence electrons. The smallest absolute Gasteiger partial charge is 0.0500 e. The zero-order valence-corrected chi connectivity index (χ0v) is 12.5. The summed E-state index contributed by atoms with van der Waals surface area (Å²) in [6, 6.07) is 12.3. The lowest BCUT2D eigenvalue weighted by Gasteiger charge is -2.30. The Kier molecular flexibility index (Phi) is 4.97. The molecule has 0 aliphatic rings. The van der Waals surface area contributed by atoms with Crippen LogP contribution in [0.2, 0.25) is 0 Å². The fourth-order valence-electron chi connectivity index (χ4n) is 2.26. The summed E-state index contributed by atoms with van der Waals surface area (Å²) < 4.78 is 0. The number of aryl methyl sites for hydroxylation is 1. The van der Waals surface area contributed by atoms with Crippen molar-refractivity contribution in [3.8, 4) is 0 Å². The van der Waals surface area contributed by atoms with Crippen LogP contribution in [0.1, 0.15) is 31.0 Å². The molecule has 0 bridgehead atoms. The zero-order valence-electron chi connectivity index (χ0n) is 11.7. The zero-order chi connectivity index (χ0) is 13.3. The highest BCUT2D eigenvalue weighted by Crippen LogP contribution is 2.35. The summed E-state index contributed by atoms with van der Waals surface area (Å²) in [6.07, 6.45) is 0. The van der Waals surface area contributed by atoms with Crippen LogP contribution in [0.3, 0.4) is 0 Å². The van der Waals surface area contributed by atoms with E-state index in [2.05, 4.69) is 31.2 Å². The molecule has 2 nitrogen and oxygen atoms in total. The van der Waals surface area contributed by atoms with Crippen molar-refractivity contribution in [2.75, 3.05) is 6.61 Å². The third-order valence-corrected chi connectivity index (χ3v) is 3.76. The van der Waals surface area contributed by atoms with Gasteiger partial charge in [0.15, 0.2) is 0 Å². The van der Waals surface area contributed by atoms with Gasteiger partial charge in [-0.3, -0.25) is 0 Å². The van der Waals surface area contributed by atoms with Gasteiger partial charge < -0.3 is 10.8 Å². The highest BCUT2D eigenvalue weighted by atomic mass is 35.5. The Balaban J connectivity index is 0.00000180. The minimum Gasteiger partial charge on any atom is -0.396 e. The van der Waals surface area contributed by atoms with Gasteiger partial charge in [-0.15, -0.1) is 12.4 Å². The fourth-order valence-corrected chi connectivity index (χ4v) is 2.26. The van der Waals surface area contributed by atoms with Crippen molar-refractivity contribution < 1.29 is 5.11 Å². The number of benzene rings is 2. The molecule has 2 aromatic carbocycles. The van der Waals surface area contributed by atoms with Gasteiger partial charge in [0.2, 0.25) is 0 Å². The molecule has 0 spiro atoms. The Morgan fingerprint density at radius 3 is 2.26 bits per heavy atom. The van der Waals surface area contributed by atoms with E-state index in [9.17, 15) is 5.11 Å². The summed E-state index contributed by atoms with van der Waals surface area (Å²) in [5, 5.41) is 11.9. The van der Waals surface area contributed by atoms with E-state index in [0.29, 0.717) is 0 Å². The predicted octanol–water partition coefficient (Wildman–Crippen LogP) is 3.59. The van der Waals surface area contributed by atoms with Gasteiger partial charge in [-0.1, -0.05) is 50.2 Å². The quantitative estimate of drug-likeness (QED) is 0.902. The van der Waals surface area contributed by atoms with Crippen LogP contribution >= 0.6 is 12.4 Å². The SMILES string of the molecule is Cc1ccc([C@@H](N)C(C)(C)CO)c2ccccc12.Cl. The van der Waals surface area contributed by atoms with Crippen LogP contribution in [0.25, 0.3) is 10.8 Å². The molecule has 3 heteroatoms. The van der Waals surface area contributed by atoms with Gasteiger partial charge in [-0.25, -0.2) is 0 Å². The Bertz CT molecular complexity index is 566. The summed E-state index contributed by atoms with van der Waals surface area (Å²) in [5.41, 5.74) is 8.38. The summed E-state index contributed by atoms with van der Waals surface area (Å²) >= 11 is 0. The molecular weight excluding hydrogens is 258 g/mol. The van der Waals surface area contributed by atoms with Gasteiger partial charge >= 0.3 is 0 Å². The molecule has 0 aliphatic heterocycles. The molecule has 2 aromatic rings. The van der Waals surface area contributed by atoms with E-state index in [1.54, 1.807) is 0 Å². The number of hydrogen-bond acceptors (Lipinski definition) is 2. The van der Waals surface area contributed by atoms with Crippen LogP contribution in [0.5, 0.6) is 0 Å². The molecule has 0 amide bonds. The molecule has 0 fully saturated rings. The van der Waals surface area contributed by atoms with Crippen molar-refractivity contribution in [1.29, 1.82) is 0 Å². The van der Waals surface area contributed by atoms with E-state index in [4.69, 9.17) is 5.73 Å². The molecule has 19 heavy (non-hydrogen) atoms. The molecule has 3 N–H and O–H groups in total. The average molecular weight is 280 g/mol. The summed E-state index contributed by atoms with van der Waals surface area (Å²) in [5.74, 6) is 0. The van der Waals surface area contributed by atoms with E-state index in [-0.39, 0.29) is 30.5 Å². The number of fused-ring (bicyclic) bond motifs is 1. The Hall–Kier alpha value is -1.09. The second-order valence-electron chi connectivity index (χ2n) is 5.64. The van der Waals surface area contributed by atoms with Crippen LogP contribution in [0, 0.1) is 12.3 Å². The first-order valence-electron chi connectivity index (χ1n) is 6.32. The van der Waals surface area contributed by atoms with Crippen molar-refractivity contribution in [3.63, 3.8) is 0 Å². The van der Waals surface area contributed by atoms with Crippen molar-refractivity contribution in [3.05, 3.63) is 47.5 Å². The van der Waals surface area contributed by atoms with Gasteiger partial charge in [0.05, 0.1) is 0 Å². The lowest BCUT2D eigenvalue weighted by Crippen LogP contribution is -2.32. The first-order chi connectivity index (χ1) is 8.47. The molecule has 0 unspecified atom stereocenters. The highest BCUT2D eigenvalue weighted by Gasteiger charge is 2.28. The van der Waals surface area contributed by atoms with E-state index >= 15 is 0 Å². The van der Waals surface area contributed by atoms with Crippen LogP contribution < -0.4 is 5.73 Å². The number of aliphatic hydroxyl groups is 1. The first-order valence-corrected chi connectivity index (χ1v) is 6.32. The van der Waals surface area contributed by atoms with Gasteiger partial charge in [0, 0.05) is 18.1 Å². The molecule has 0 aromatic heterocycles.